The smallest absolute Gasteiger partial charge is 0.262 e. The van der Waals surface area contributed by atoms with E-state index >= 15 is 0 Å². The number of rotatable bonds is 6. The van der Waals surface area contributed by atoms with Gasteiger partial charge in [-0.25, -0.2) is 21.6 Å². The summed E-state index contributed by atoms with van der Waals surface area (Å²) in [4.78, 5) is 11.9. The van der Waals surface area contributed by atoms with Crippen molar-refractivity contribution in [3.05, 3.63) is 53.8 Å². The Bertz CT molecular complexity index is 975. The first-order valence-corrected chi connectivity index (χ1v) is 9.89. The van der Waals surface area contributed by atoms with Crippen molar-refractivity contribution in [3.8, 4) is 5.75 Å². The lowest BCUT2D eigenvalue weighted by Crippen LogP contribution is -2.27. The number of ether oxygens (including phenoxy) is 1. The second kappa shape index (κ2) is 8.19. The first-order chi connectivity index (χ1) is 13.3. The van der Waals surface area contributed by atoms with Gasteiger partial charge in [0.05, 0.1) is 10.6 Å². The molecular formula is C18H17F3N2O4S. The Labute approximate surface area is 160 Å². The van der Waals surface area contributed by atoms with E-state index in [0.717, 1.165) is 18.9 Å². The van der Waals surface area contributed by atoms with Gasteiger partial charge in [-0.3, -0.25) is 4.79 Å². The second-order valence-corrected chi connectivity index (χ2v) is 8.08. The van der Waals surface area contributed by atoms with E-state index in [4.69, 9.17) is 4.74 Å². The van der Waals surface area contributed by atoms with Crippen molar-refractivity contribution >= 4 is 21.6 Å². The van der Waals surface area contributed by atoms with Gasteiger partial charge in [0, 0.05) is 13.1 Å². The van der Waals surface area contributed by atoms with Crippen LogP contribution in [0, 0.1) is 17.5 Å². The van der Waals surface area contributed by atoms with Crippen molar-refractivity contribution in [2.24, 2.45) is 0 Å². The molecule has 1 aliphatic heterocycles. The molecule has 2 aromatic carbocycles. The molecule has 0 unspecified atom stereocenters. The molecule has 1 amide bonds. The maximum atomic E-state index is 13.5. The van der Waals surface area contributed by atoms with Crippen molar-refractivity contribution < 1.29 is 31.1 Å². The molecule has 1 saturated heterocycles. The average molecular weight is 414 g/mol. The zero-order chi connectivity index (χ0) is 20.3. The molecule has 6 nitrogen and oxygen atoms in total. The van der Waals surface area contributed by atoms with Crippen LogP contribution < -0.4 is 10.1 Å². The molecule has 0 bridgehead atoms. The molecule has 3 rings (SSSR count). The summed E-state index contributed by atoms with van der Waals surface area (Å²) >= 11 is 0. The van der Waals surface area contributed by atoms with Crippen molar-refractivity contribution in [1.82, 2.24) is 4.31 Å². The van der Waals surface area contributed by atoms with Crippen LogP contribution in [0.1, 0.15) is 12.8 Å². The van der Waals surface area contributed by atoms with Crippen LogP contribution in [0.15, 0.2) is 41.3 Å². The molecule has 0 aliphatic carbocycles. The summed E-state index contributed by atoms with van der Waals surface area (Å²) in [5, 5.41) is 2.07. The Morgan fingerprint density at radius 3 is 2.29 bits per heavy atom. The number of halogens is 3. The zero-order valence-corrected chi connectivity index (χ0v) is 15.4. The third kappa shape index (κ3) is 4.28. The summed E-state index contributed by atoms with van der Waals surface area (Å²) in [6.07, 6.45) is 1.65. The maximum absolute atomic E-state index is 13.5. The van der Waals surface area contributed by atoms with E-state index in [0.29, 0.717) is 19.2 Å². The largest absolute Gasteiger partial charge is 0.484 e. The van der Waals surface area contributed by atoms with E-state index in [1.807, 2.05) is 0 Å². The normalized spacial score (nSPS) is 14.8. The molecule has 1 fully saturated rings. The fraction of sp³-hybridized carbons (Fsp3) is 0.278. The number of hydrogen-bond donors (Lipinski definition) is 1. The van der Waals surface area contributed by atoms with Gasteiger partial charge in [-0.2, -0.15) is 4.31 Å². The lowest BCUT2D eigenvalue weighted by molar-refractivity contribution is -0.118. The third-order valence-electron chi connectivity index (χ3n) is 4.21. The summed E-state index contributed by atoms with van der Waals surface area (Å²) in [6, 6.07) is 7.12. The fourth-order valence-corrected chi connectivity index (χ4v) is 4.26. The molecule has 0 saturated carbocycles. The van der Waals surface area contributed by atoms with Crippen LogP contribution in [-0.2, 0) is 14.8 Å². The van der Waals surface area contributed by atoms with E-state index in [1.54, 1.807) is 0 Å². The number of amides is 1. The van der Waals surface area contributed by atoms with Crippen molar-refractivity contribution in [2.75, 3.05) is 25.0 Å². The number of sulfonamides is 1. The minimum absolute atomic E-state index is 0.120. The Kier molecular flexibility index (Phi) is 5.90. The van der Waals surface area contributed by atoms with E-state index in [2.05, 4.69) is 5.32 Å². The molecular weight excluding hydrogens is 397 g/mol. The predicted octanol–water partition coefficient (Wildman–Crippen LogP) is 2.91. The molecule has 0 spiro atoms. The summed E-state index contributed by atoms with van der Waals surface area (Å²) in [7, 11) is -3.55. The maximum Gasteiger partial charge on any atom is 0.262 e. The van der Waals surface area contributed by atoms with Gasteiger partial charge in [0.25, 0.3) is 5.91 Å². The van der Waals surface area contributed by atoms with Gasteiger partial charge in [-0.1, -0.05) is 0 Å². The standard InChI is InChI=1S/C18H17F3N2O4S/c19-14-7-8-15(18(21)17(14)20)22-16(24)11-27-12-3-5-13(6-4-12)28(25,26)23-9-1-2-10-23/h3-8H,1-2,9-11H2,(H,22,24). The van der Waals surface area contributed by atoms with Crippen LogP contribution in [-0.4, -0.2) is 38.3 Å². The minimum atomic E-state index is -3.55. The molecule has 150 valence electrons. The highest BCUT2D eigenvalue weighted by atomic mass is 32.2. The predicted molar refractivity (Wildman–Crippen MR) is 94.9 cm³/mol. The van der Waals surface area contributed by atoms with E-state index < -0.39 is 45.7 Å². The molecule has 28 heavy (non-hydrogen) atoms. The molecule has 0 aromatic heterocycles. The SMILES string of the molecule is O=C(COc1ccc(S(=O)(=O)N2CCCC2)cc1)Nc1ccc(F)c(F)c1F. The first kappa shape index (κ1) is 20.2. The number of carbonyl (C=O) groups excluding carboxylic acids is 1. The van der Waals surface area contributed by atoms with Gasteiger partial charge in [-0.05, 0) is 49.2 Å². The fourth-order valence-electron chi connectivity index (χ4n) is 2.74. The average Bonchev–Trinajstić information content (AvgIpc) is 3.23. The van der Waals surface area contributed by atoms with E-state index in [-0.39, 0.29) is 10.6 Å². The van der Waals surface area contributed by atoms with Crippen LogP contribution in [0.25, 0.3) is 0 Å². The topological polar surface area (TPSA) is 75.7 Å². The Balaban J connectivity index is 1.59. The highest BCUT2D eigenvalue weighted by Gasteiger charge is 2.27. The van der Waals surface area contributed by atoms with Crippen molar-refractivity contribution in [2.45, 2.75) is 17.7 Å². The van der Waals surface area contributed by atoms with Gasteiger partial charge >= 0.3 is 0 Å². The van der Waals surface area contributed by atoms with E-state index in [1.165, 1.54) is 28.6 Å². The molecule has 1 heterocycles. The molecule has 1 N–H and O–H groups in total. The lowest BCUT2D eigenvalue weighted by atomic mass is 10.3. The van der Waals surface area contributed by atoms with Crippen LogP contribution in [0.4, 0.5) is 18.9 Å². The molecule has 2 aromatic rings. The number of benzene rings is 2. The molecule has 0 radical (unpaired) electrons. The first-order valence-electron chi connectivity index (χ1n) is 8.45. The number of nitrogens with zero attached hydrogens (tertiary/aromatic N) is 1. The van der Waals surface area contributed by atoms with Crippen LogP contribution >= 0.6 is 0 Å². The monoisotopic (exact) mass is 414 g/mol. The highest BCUT2D eigenvalue weighted by Crippen LogP contribution is 2.23. The molecule has 0 atom stereocenters. The van der Waals surface area contributed by atoms with Crippen LogP contribution in [0.2, 0.25) is 0 Å². The summed E-state index contributed by atoms with van der Waals surface area (Å²) < 4.78 is 71.1. The Morgan fingerprint density at radius 2 is 1.64 bits per heavy atom. The summed E-state index contributed by atoms with van der Waals surface area (Å²) in [5.74, 6) is -5.13. The Hall–Kier alpha value is -2.59. The van der Waals surface area contributed by atoms with Gasteiger partial charge in [0.15, 0.2) is 24.1 Å². The number of hydrogen-bond acceptors (Lipinski definition) is 4. The highest BCUT2D eigenvalue weighted by molar-refractivity contribution is 7.89. The minimum Gasteiger partial charge on any atom is -0.484 e. The van der Waals surface area contributed by atoms with Crippen molar-refractivity contribution in [1.29, 1.82) is 0 Å². The lowest BCUT2D eigenvalue weighted by Gasteiger charge is -2.15. The van der Waals surface area contributed by atoms with Gasteiger partial charge in [-0.15, -0.1) is 0 Å². The molecule has 1 aliphatic rings. The van der Waals surface area contributed by atoms with Crippen LogP contribution in [0.3, 0.4) is 0 Å². The number of carbonyl (C=O) groups is 1. The van der Waals surface area contributed by atoms with Gasteiger partial charge in [0.2, 0.25) is 10.0 Å². The molecule has 10 heteroatoms. The van der Waals surface area contributed by atoms with Gasteiger partial charge < -0.3 is 10.1 Å². The number of nitrogens with one attached hydrogen (secondary N) is 1. The van der Waals surface area contributed by atoms with Crippen molar-refractivity contribution in [3.63, 3.8) is 0 Å². The van der Waals surface area contributed by atoms with E-state index in [9.17, 15) is 26.4 Å². The third-order valence-corrected chi connectivity index (χ3v) is 6.12. The summed E-state index contributed by atoms with van der Waals surface area (Å²) in [6.45, 7) is 0.444. The van der Waals surface area contributed by atoms with Gasteiger partial charge in [0.1, 0.15) is 5.75 Å². The Morgan fingerprint density at radius 1 is 1.00 bits per heavy atom. The number of anilines is 1. The quantitative estimate of drug-likeness (QED) is 0.738. The summed E-state index contributed by atoms with van der Waals surface area (Å²) in [5.41, 5.74) is -0.514. The van der Waals surface area contributed by atoms with Crippen LogP contribution in [0.5, 0.6) is 5.75 Å². The zero-order valence-electron chi connectivity index (χ0n) is 14.6. The second-order valence-electron chi connectivity index (χ2n) is 6.14.